The molecule has 0 fully saturated rings. The fourth-order valence-electron chi connectivity index (χ4n) is 7.61. The number of nitro benzene ring substituents is 2. The first-order valence-electron chi connectivity index (χ1n) is 33.5. The molecular formula is C48H46F2K26N10O7. The van der Waals surface area contributed by atoms with Crippen LogP contribution in [0.25, 0.3) is 44.3 Å². The first-order valence-corrected chi connectivity index (χ1v) is 242. The summed E-state index contributed by atoms with van der Waals surface area (Å²) in [6.07, 6.45) is 6.61. The number of nitrogens with two attached hydrogens (primary N) is 1. The third kappa shape index (κ3) is 63.9. The summed E-state index contributed by atoms with van der Waals surface area (Å²) in [5.41, 5.74) is 12.2. The van der Waals surface area contributed by atoms with Gasteiger partial charge in [-0.25, -0.2) is 15.0 Å². The fraction of sp³-hybridized carbons (Fsp3) is 0.188. The molecule has 370 valence electrons. The summed E-state index contributed by atoms with van der Waals surface area (Å²) < 4.78 is 31.3. The van der Waals surface area contributed by atoms with Crippen molar-refractivity contribution in [3.05, 3.63) is 158 Å². The Morgan fingerprint density at radius 2 is 0.892 bits per heavy atom. The number of nitrogens with zero attached hydrogens (tertiary/aromatic N) is 7. The fourth-order valence-corrected chi connectivity index (χ4v) is 7.61. The quantitative estimate of drug-likeness (QED) is 0.0659. The number of hydrogen-bond donors (Lipinski definition) is 4. The zero-order valence-corrected chi connectivity index (χ0v) is 143. The molecule has 8 aromatic rings. The molecule has 8 rings (SSSR count). The number of carbonyl (C=O) groups excluding carboxylic acids is 1. The summed E-state index contributed by atoms with van der Waals surface area (Å²) in [6, 6.07) is 23.3. The number of anilines is 4. The van der Waals surface area contributed by atoms with E-state index >= 15 is 0 Å². The van der Waals surface area contributed by atoms with Crippen molar-refractivity contribution in [3.63, 3.8) is 0 Å². The Morgan fingerprint density at radius 1 is 0.538 bits per heavy atom. The van der Waals surface area contributed by atoms with Crippen LogP contribution in [0.3, 0.4) is 0 Å². The number of carboxylic acids is 1. The predicted molar refractivity (Wildman–Crippen MR) is 402 cm³/mol. The molecule has 4 aromatic heterocycles. The SMILES string of the molecule is C.CCc1ccc(Nc2cc([N+](=O)[O-])c(F)cc2C)nc1-c1cn(CC(N)=O)c2ccccc12.CCc1cnc(Nc2cc([N+](=O)[O-])c(F)cc2C)nc1-c1cn(CC(=O)O)c2ccccc12.[K][K].[K][K].[K][K].[K][K].[K][K].[K][K].[K][K].[K][K].[K][K].[K][K].[K][K].[K][K].[K][K]. The van der Waals surface area contributed by atoms with Gasteiger partial charge in [-0.1, -0.05) is 63.7 Å². The number of aromatic nitrogens is 5. The first kappa shape index (κ1) is 142. The van der Waals surface area contributed by atoms with Crippen LogP contribution in [0.5, 0.6) is 0 Å². The molecule has 0 unspecified atom stereocenters. The summed E-state index contributed by atoms with van der Waals surface area (Å²) in [5, 5.41) is 39.4. The van der Waals surface area contributed by atoms with E-state index < -0.39 is 44.7 Å². The first-order chi connectivity index (χ1) is 44.6. The third-order valence-corrected chi connectivity index (χ3v) is 10.8. The monoisotopic (exact) mass is 1930 g/mol. The Kier molecular flexibility index (Phi) is 158. The van der Waals surface area contributed by atoms with Gasteiger partial charge in [-0.2, -0.15) is 8.78 Å². The number of hydrogen-bond acceptors (Lipinski definition) is 11. The van der Waals surface area contributed by atoms with Gasteiger partial charge < -0.3 is 30.6 Å². The van der Waals surface area contributed by atoms with Crippen molar-refractivity contribution in [1.82, 2.24) is 24.1 Å². The molecule has 4 heterocycles. The van der Waals surface area contributed by atoms with E-state index in [9.17, 15) is 43.7 Å². The number of nitrogens with one attached hydrogen (secondary N) is 2. The number of carboxylic acid groups (broad SMARTS) is 1. The standard InChI is InChI=1S/C24H22FN5O3.C23H20FN5O4.CH4.26K/c1-3-15-8-9-23(27-19-11-21(30(32)33)18(25)10-14(19)2)28-24(15)17-12-29(13-22(26)31)20-7-5-4-6-16(17)20;1-3-14-10-25-23(26-18-9-20(29(32)33)17(24)8-13(18)2)27-22(14)16-11-28(12-21(30)31)19-7-5-4-6-15(16)19;;;;;;;;;;;;;;;;;;;;;;;;;;;/h4-12H,3,13H2,1-2H3,(H2,26,31)(H,27,28);4-11H,3,12H2,1-2H3,(H,30,31)(H,25,26,27);1H4;;;;;;;;;;;;;;;;;;;;;;;;;;. The molecule has 0 aliphatic rings. The van der Waals surface area contributed by atoms with Crippen molar-refractivity contribution < 1.29 is 33.3 Å². The van der Waals surface area contributed by atoms with Gasteiger partial charge in [0.05, 0.1) is 26.9 Å². The Morgan fingerprint density at radius 3 is 1.25 bits per heavy atom. The van der Waals surface area contributed by atoms with E-state index in [1.807, 2.05) is 74.6 Å². The van der Waals surface area contributed by atoms with E-state index in [4.69, 9.17) is 10.7 Å². The molecule has 0 atom stereocenters. The number of nitro groups is 2. The number of amides is 1. The number of para-hydroxylation sites is 2. The van der Waals surface area contributed by atoms with Crippen molar-refractivity contribution in [1.29, 1.82) is 0 Å². The van der Waals surface area contributed by atoms with E-state index in [2.05, 4.69) is 20.6 Å². The van der Waals surface area contributed by atoms with Crippen molar-refractivity contribution in [2.24, 2.45) is 5.73 Å². The van der Waals surface area contributed by atoms with Gasteiger partial charge in [0.15, 0.2) is 0 Å². The minimum atomic E-state index is -0.962. The van der Waals surface area contributed by atoms with Crippen LogP contribution >= 0.6 is 0 Å². The van der Waals surface area contributed by atoms with Crippen LogP contribution in [0, 0.1) is 45.7 Å². The second-order valence-corrected chi connectivity index (χ2v) is 15.2. The van der Waals surface area contributed by atoms with Crippen molar-refractivity contribution >= 4 is 889 Å². The van der Waals surface area contributed by atoms with Gasteiger partial charge >= 0.3 is 838 Å². The molecule has 5 N–H and O–H groups in total. The molecule has 4 aromatic carbocycles. The molecule has 0 aliphatic heterocycles. The number of carbonyl (C=O) groups is 2. The number of halogens is 2. The van der Waals surface area contributed by atoms with Gasteiger partial charge in [0.1, 0.15) is 18.9 Å². The van der Waals surface area contributed by atoms with Gasteiger partial charge in [-0.3, -0.25) is 29.8 Å². The van der Waals surface area contributed by atoms with Gasteiger partial charge in [-0.05, 0) is 79.3 Å². The Labute approximate surface area is 1140 Å². The normalized spacial score (nSPS) is 8.92. The van der Waals surface area contributed by atoms with E-state index in [1.54, 1.807) is 41.4 Å². The zero-order chi connectivity index (χ0) is 73.4. The Balaban J connectivity index is -0.000000190. The Bertz CT molecular complexity index is 3090. The average molecular weight is 1930 g/mol. The number of benzene rings is 4. The van der Waals surface area contributed by atoms with Crippen LogP contribution in [0.15, 0.2) is 104 Å². The summed E-state index contributed by atoms with van der Waals surface area (Å²) in [4.78, 5) is 57.4. The molecular weight excluding hydrogens is 1880 g/mol. The molecule has 17 nitrogen and oxygen atoms in total. The summed E-state index contributed by atoms with van der Waals surface area (Å²) >= 11 is 32.5. The van der Waals surface area contributed by atoms with Crippen LogP contribution in [-0.2, 0) is 35.5 Å². The molecule has 1 amide bonds. The van der Waals surface area contributed by atoms with Gasteiger partial charge in [0, 0.05) is 69.3 Å². The zero-order valence-electron chi connectivity index (χ0n) is 62.0. The predicted octanol–water partition coefficient (Wildman–Crippen LogP) is 0.430. The second-order valence-electron chi connectivity index (χ2n) is 15.2. The molecule has 0 spiro atoms. The summed E-state index contributed by atoms with van der Waals surface area (Å²) in [5.74, 6) is -2.58. The molecule has 45 heteroatoms. The summed E-state index contributed by atoms with van der Waals surface area (Å²) in [7, 11) is 0. The van der Waals surface area contributed by atoms with Gasteiger partial charge in [0.2, 0.25) is 23.5 Å². The van der Waals surface area contributed by atoms with Crippen molar-refractivity contribution in [2.45, 2.75) is 61.1 Å². The van der Waals surface area contributed by atoms with E-state index in [-0.39, 0.29) is 26.5 Å². The number of pyridine rings is 1. The number of aryl methyl sites for hydroxylation is 4. The van der Waals surface area contributed by atoms with E-state index in [1.165, 1.54) is 827 Å². The second kappa shape index (κ2) is 103. The molecule has 0 saturated heterocycles. The van der Waals surface area contributed by atoms with Gasteiger partial charge in [0.25, 0.3) is 0 Å². The van der Waals surface area contributed by atoms with Crippen LogP contribution in [-0.4, -0.2) is 872 Å². The topological polar surface area (TPSA) is 239 Å². The molecule has 0 radical (unpaired) electrons. The maximum atomic E-state index is 13.9. The van der Waals surface area contributed by atoms with Gasteiger partial charge in [-0.15, -0.1) is 0 Å². The minimum absolute atomic E-state index is 0. The molecule has 0 aliphatic carbocycles. The van der Waals surface area contributed by atoms with Crippen molar-refractivity contribution in [2.75, 3.05) is 10.6 Å². The number of rotatable bonds is 14. The number of primary amides is 1. The van der Waals surface area contributed by atoms with Crippen LogP contribution in [0.4, 0.5) is 43.3 Å². The Hall–Kier alpha value is 33.9. The molecule has 93 heavy (non-hydrogen) atoms. The van der Waals surface area contributed by atoms with Crippen molar-refractivity contribution in [3.8, 4) is 22.5 Å². The number of fused-ring (bicyclic) bond motifs is 2. The average Bonchev–Trinajstić information content (AvgIpc) is 1.68. The van der Waals surface area contributed by atoms with Crippen LogP contribution in [0.2, 0.25) is 0 Å². The number of aliphatic carboxylic acids is 1. The molecule has 0 bridgehead atoms. The summed E-state index contributed by atoms with van der Waals surface area (Å²) in [6.45, 7) is 7.10. The van der Waals surface area contributed by atoms with E-state index in [0.29, 0.717) is 40.4 Å². The van der Waals surface area contributed by atoms with Crippen LogP contribution < -0.4 is 16.4 Å². The van der Waals surface area contributed by atoms with Crippen LogP contribution in [0.1, 0.15) is 43.5 Å². The maximum absolute atomic E-state index is 13.9. The molecule has 0 saturated carbocycles. The van der Waals surface area contributed by atoms with E-state index in [0.717, 1.165) is 74.4 Å². The third-order valence-electron chi connectivity index (χ3n) is 10.8.